The Morgan fingerprint density at radius 1 is 1.29 bits per heavy atom. The molecular formula is C14H9F5N4O. The van der Waals surface area contributed by atoms with Crippen molar-refractivity contribution in [2.45, 2.75) is 19.1 Å². The molecule has 2 aromatic rings. The van der Waals surface area contributed by atoms with Gasteiger partial charge in [-0.15, -0.1) is 0 Å². The summed E-state index contributed by atoms with van der Waals surface area (Å²) in [7, 11) is 0. The average molecular weight is 344 g/mol. The van der Waals surface area contributed by atoms with E-state index >= 15 is 0 Å². The molecule has 0 fully saturated rings. The number of benzene rings is 1. The van der Waals surface area contributed by atoms with Crippen LogP contribution < -0.4 is 5.32 Å². The second-order valence-corrected chi connectivity index (χ2v) is 4.64. The minimum atomic E-state index is -4.93. The van der Waals surface area contributed by atoms with E-state index < -0.39 is 34.8 Å². The predicted molar refractivity (Wildman–Crippen MR) is 71.8 cm³/mol. The molecule has 24 heavy (non-hydrogen) atoms. The van der Waals surface area contributed by atoms with Crippen LogP contribution in [0.15, 0.2) is 24.4 Å². The monoisotopic (exact) mass is 344 g/mol. The molecule has 1 aromatic heterocycles. The zero-order valence-electron chi connectivity index (χ0n) is 11.9. The van der Waals surface area contributed by atoms with E-state index in [1.807, 2.05) is 6.07 Å². The predicted octanol–water partition coefficient (Wildman–Crippen LogP) is 3.35. The first-order chi connectivity index (χ1) is 11.2. The smallest absolute Gasteiger partial charge is 0.305 e. The highest BCUT2D eigenvalue weighted by Crippen LogP contribution is 2.31. The minimum Gasteiger partial charge on any atom is -0.305 e. The molecule has 0 bridgehead atoms. The Bertz CT molecular complexity index is 783. The van der Waals surface area contributed by atoms with E-state index in [0.717, 1.165) is 0 Å². The Morgan fingerprint density at radius 2 is 1.92 bits per heavy atom. The van der Waals surface area contributed by atoms with Crippen LogP contribution in [0.4, 0.5) is 27.8 Å². The normalized spacial score (nSPS) is 11.2. The van der Waals surface area contributed by atoms with Gasteiger partial charge in [-0.3, -0.25) is 9.48 Å². The highest BCUT2D eigenvalue weighted by atomic mass is 19.4. The van der Waals surface area contributed by atoms with Crippen LogP contribution in [0, 0.1) is 23.0 Å². The fraction of sp³-hybridized carbons (Fsp3) is 0.214. The van der Waals surface area contributed by atoms with Gasteiger partial charge in [0, 0.05) is 12.3 Å². The van der Waals surface area contributed by atoms with E-state index in [4.69, 9.17) is 5.26 Å². The molecule has 0 aliphatic carbocycles. The number of nitriles is 1. The number of nitrogens with one attached hydrogen (secondary N) is 1. The lowest BCUT2D eigenvalue weighted by Gasteiger charge is -2.10. The van der Waals surface area contributed by atoms with E-state index in [1.165, 1.54) is 16.9 Å². The second kappa shape index (κ2) is 6.66. The van der Waals surface area contributed by atoms with Crippen molar-refractivity contribution in [2.75, 3.05) is 5.32 Å². The van der Waals surface area contributed by atoms with Crippen LogP contribution in [0.1, 0.15) is 22.3 Å². The third kappa shape index (κ3) is 3.87. The quantitative estimate of drug-likeness (QED) is 0.865. The van der Waals surface area contributed by atoms with Crippen molar-refractivity contribution in [3.8, 4) is 6.07 Å². The van der Waals surface area contributed by atoms with Crippen LogP contribution in [-0.4, -0.2) is 15.7 Å². The Hall–Kier alpha value is -2.96. The van der Waals surface area contributed by atoms with E-state index in [9.17, 15) is 26.7 Å². The summed E-state index contributed by atoms with van der Waals surface area (Å²) in [5.74, 6) is -4.60. The number of carbonyl (C=O) groups excluding carboxylic acids is 1. The van der Waals surface area contributed by atoms with Crippen LogP contribution in [0.25, 0.3) is 0 Å². The third-order valence-electron chi connectivity index (χ3n) is 2.93. The third-order valence-corrected chi connectivity index (χ3v) is 2.93. The molecular weight excluding hydrogens is 335 g/mol. The first-order valence-electron chi connectivity index (χ1n) is 6.50. The van der Waals surface area contributed by atoms with Crippen molar-refractivity contribution >= 4 is 11.7 Å². The molecule has 1 amide bonds. The summed E-state index contributed by atoms with van der Waals surface area (Å²) < 4.78 is 66.1. The lowest BCUT2D eigenvalue weighted by molar-refractivity contribution is -0.138. The van der Waals surface area contributed by atoms with Gasteiger partial charge in [0.25, 0.3) is 5.91 Å². The van der Waals surface area contributed by atoms with Gasteiger partial charge in [-0.1, -0.05) is 0 Å². The molecule has 0 saturated carbocycles. The number of hydrogen-bond acceptors (Lipinski definition) is 3. The van der Waals surface area contributed by atoms with Crippen LogP contribution in [-0.2, 0) is 12.7 Å². The molecule has 0 atom stereocenters. The Balaban J connectivity index is 2.21. The van der Waals surface area contributed by atoms with E-state index in [1.54, 1.807) is 0 Å². The van der Waals surface area contributed by atoms with Gasteiger partial charge >= 0.3 is 6.18 Å². The average Bonchev–Trinajstić information content (AvgIpc) is 2.90. The van der Waals surface area contributed by atoms with E-state index in [-0.39, 0.29) is 30.9 Å². The van der Waals surface area contributed by atoms with Gasteiger partial charge < -0.3 is 5.32 Å². The molecule has 1 N–H and O–H groups in total. The zero-order chi connectivity index (χ0) is 17.9. The zero-order valence-corrected chi connectivity index (χ0v) is 11.9. The number of aromatic nitrogens is 2. The van der Waals surface area contributed by atoms with Crippen LogP contribution in [0.2, 0.25) is 0 Å². The van der Waals surface area contributed by atoms with Gasteiger partial charge in [0.1, 0.15) is 17.2 Å². The van der Waals surface area contributed by atoms with Gasteiger partial charge in [0.2, 0.25) is 0 Å². The summed E-state index contributed by atoms with van der Waals surface area (Å²) in [6.45, 7) is 0.245. The molecule has 0 aliphatic rings. The number of nitrogens with zero attached hydrogens (tertiary/aromatic N) is 3. The van der Waals surface area contributed by atoms with Gasteiger partial charge in [0.15, 0.2) is 5.82 Å². The molecule has 0 spiro atoms. The van der Waals surface area contributed by atoms with Crippen LogP contribution >= 0.6 is 0 Å². The van der Waals surface area contributed by atoms with Crippen molar-refractivity contribution in [3.63, 3.8) is 0 Å². The molecule has 1 aromatic carbocycles. The van der Waals surface area contributed by atoms with Gasteiger partial charge in [-0.2, -0.15) is 23.5 Å². The van der Waals surface area contributed by atoms with Gasteiger partial charge in [-0.25, -0.2) is 8.78 Å². The van der Waals surface area contributed by atoms with E-state index in [2.05, 4.69) is 10.4 Å². The Kier molecular flexibility index (Phi) is 4.82. The summed E-state index contributed by atoms with van der Waals surface area (Å²) in [5, 5.41) is 14.4. The lowest BCUT2D eigenvalue weighted by Crippen LogP contribution is -2.18. The number of halogens is 5. The molecule has 0 saturated heterocycles. The molecule has 1 heterocycles. The fourth-order valence-corrected chi connectivity index (χ4v) is 1.85. The van der Waals surface area contributed by atoms with E-state index in [0.29, 0.717) is 0 Å². The van der Waals surface area contributed by atoms with Gasteiger partial charge in [-0.05, 0) is 12.1 Å². The number of amides is 1. The first-order valence-corrected chi connectivity index (χ1v) is 6.50. The molecule has 0 radical (unpaired) electrons. The number of hydrogen-bond donors (Lipinski definition) is 1. The fourth-order valence-electron chi connectivity index (χ4n) is 1.85. The maximum atomic E-state index is 13.7. The molecule has 10 heteroatoms. The van der Waals surface area contributed by atoms with Crippen molar-refractivity contribution in [1.82, 2.24) is 9.78 Å². The molecule has 0 unspecified atom stereocenters. The number of alkyl halides is 3. The highest BCUT2D eigenvalue weighted by Gasteiger charge is 2.33. The minimum absolute atomic E-state index is 0.0452. The maximum absolute atomic E-state index is 13.7. The Morgan fingerprint density at radius 3 is 2.46 bits per heavy atom. The largest absolute Gasteiger partial charge is 0.416 e. The van der Waals surface area contributed by atoms with Crippen molar-refractivity contribution in [1.29, 1.82) is 5.26 Å². The van der Waals surface area contributed by atoms with Crippen LogP contribution in [0.5, 0.6) is 0 Å². The Labute approximate surface area is 132 Å². The molecule has 0 aliphatic heterocycles. The number of carbonyl (C=O) groups is 1. The van der Waals surface area contributed by atoms with Crippen molar-refractivity contribution in [3.05, 3.63) is 47.2 Å². The summed E-state index contributed by atoms with van der Waals surface area (Å²) in [5.41, 5.74) is -2.68. The molecule has 5 nitrogen and oxygen atoms in total. The maximum Gasteiger partial charge on any atom is 0.416 e. The van der Waals surface area contributed by atoms with Crippen LogP contribution in [0.3, 0.4) is 0 Å². The second-order valence-electron chi connectivity index (χ2n) is 4.64. The topological polar surface area (TPSA) is 70.7 Å². The number of aryl methyl sites for hydroxylation is 1. The summed E-state index contributed by atoms with van der Waals surface area (Å²) >= 11 is 0. The summed E-state index contributed by atoms with van der Waals surface area (Å²) in [6.07, 6.45) is -3.35. The lowest BCUT2D eigenvalue weighted by atomic mass is 10.1. The first kappa shape index (κ1) is 17.4. The SMILES string of the molecule is N#CCCn1ccc(NC(=O)c2c(F)cc(C(F)(F)F)cc2F)n1. The standard InChI is InChI=1S/C14H9F5N4O/c15-9-6-8(14(17,18)19)7-10(16)12(9)13(24)21-11-2-5-23(22-11)4-1-3-20/h2,5-7H,1,4H2,(H,21,22,24). The van der Waals surface area contributed by atoms with Gasteiger partial charge in [0.05, 0.1) is 24.6 Å². The summed E-state index contributed by atoms with van der Waals surface area (Å²) in [6, 6.07) is 3.29. The number of anilines is 1. The number of rotatable bonds is 4. The van der Waals surface area contributed by atoms with Crippen molar-refractivity contribution < 1.29 is 26.7 Å². The molecule has 126 valence electrons. The summed E-state index contributed by atoms with van der Waals surface area (Å²) in [4.78, 5) is 11.9. The highest BCUT2D eigenvalue weighted by molar-refractivity contribution is 6.04. The molecule has 2 rings (SSSR count). The van der Waals surface area contributed by atoms with Crippen molar-refractivity contribution in [2.24, 2.45) is 0 Å².